The molecule has 0 aromatic heterocycles. The minimum Gasteiger partial charge on any atom is -0.479 e. The molecule has 20 heavy (non-hydrogen) atoms. The quantitative estimate of drug-likeness (QED) is 0.893. The van der Waals surface area contributed by atoms with Crippen molar-refractivity contribution < 1.29 is 14.3 Å². The van der Waals surface area contributed by atoms with Gasteiger partial charge >= 0.3 is 5.97 Å². The molecule has 104 valence electrons. The lowest BCUT2D eigenvalue weighted by Crippen LogP contribution is -2.20. The SMILES string of the molecule is Cc1ccc(NC(C(=O)O)c2ccc(C)c(F)c2)cc1. The summed E-state index contributed by atoms with van der Waals surface area (Å²) in [4.78, 5) is 11.4. The summed E-state index contributed by atoms with van der Waals surface area (Å²) in [6, 6.07) is 10.9. The van der Waals surface area contributed by atoms with Gasteiger partial charge in [-0.05, 0) is 43.2 Å². The standard InChI is InChI=1S/C16H16FNO2/c1-10-3-7-13(8-4-10)18-15(16(19)20)12-6-5-11(2)14(17)9-12/h3-9,15,18H,1-2H3,(H,19,20). The van der Waals surface area contributed by atoms with Crippen LogP contribution in [0.25, 0.3) is 0 Å². The zero-order valence-corrected chi connectivity index (χ0v) is 11.4. The molecule has 0 fully saturated rings. The number of nitrogens with one attached hydrogen (secondary N) is 1. The molecule has 0 bridgehead atoms. The third kappa shape index (κ3) is 3.15. The maximum atomic E-state index is 13.6. The van der Waals surface area contributed by atoms with Crippen LogP contribution in [0.2, 0.25) is 0 Å². The van der Waals surface area contributed by atoms with E-state index in [9.17, 15) is 14.3 Å². The topological polar surface area (TPSA) is 49.3 Å². The van der Waals surface area contributed by atoms with Crippen LogP contribution in [-0.4, -0.2) is 11.1 Å². The van der Waals surface area contributed by atoms with Crippen molar-refractivity contribution in [3.63, 3.8) is 0 Å². The van der Waals surface area contributed by atoms with E-state index in [0.717, 1.165) is 5.56 Å². The highest BCUT2D eigenvalue weighted by Gasteiger charge is 2.20. The average Bonchev–Trinajstić information content (AvgIpc) is 2.41. The number of carbonyl (C=O) groups is 1. The number of aryl methyl sites for hydroxylation is 2. The Labute approximate surface area is 117 Å². The minimum atomic E-state index is -1.05. The summed E-state index contributed by atoms with van der Waals surface area (Å²) in [5, 5.41) is 12.2. The zero-order chi connectivity index (χ0) is 14.7. The van der Waals surface area contributed by atoms with Crippen molar-refractivity contribution in [3.05, 3.63) is 65.0 Å². The van der Waals surface area contributed by atoms with Crippen LogP contribution in [0.5, 0.6) is 0 Å². The molecule has 0 aliphatic heterocycles. The molecule has 0 saturated carbocycles. The summed E-state index contributed by atoms with van der Waals surface area (Å²) in [7, 11) is 0. The van der Waals surface area contributed by atoms with Gasteiger partial charge in [0.2, 0.25) is 0 Å². The van der Waals surface area contributed by atoms with Crippen molar-refractivity contribution in [3.8, 4) is 0 Å². The molecule has 2 N–H and O–H groups in total. The summed E-state index contributed by atoms with van der Waals surface area (Å²) >= 11 is 0. The van der Waals surface area contributed by atoms with Crippen molar-refractivity contribution in [2.24, 2.45) is 0 Å². The molecule has 0 aliphatic rings. The Balaban J connectivity index is 2.29. The molecule has 1 unspecified atom stereocenters. The van der Waals surface area contributed by atoms with Crippen molar-refractivity contribution in [2.75, 3.05) is 5.32 Å². The Kier molecular flexibility index (Phi) is 4.03. The number of carboxylic acids is 1. The van der Waals surface area contributed by atoms with Gasteiger partial charge in [0.25, 0.3) is 0 Å². The van der Waals surface area contributed by atoms with Crippen molar-refractivity contribution in [2.45, 2.75) is 19.9 Å². The van der Waals surface area contributed by atoms with Gasteiger partial charge in [0.1, 0.15) is 5.82 Å². The molecule has 3 nitrogen and oxygen atoms in total. The van der Waals surface area contributed by atoms with Crippen LogP contribution in [0.1, 0.15) is 22.7 Å². The van der Waals surface area contributed by atoms with Crippen LogP contribution in [0.4, 0.5) is 10.1 Å². The molecule has 0 radical (unpaired) electrons. The van der Waals surface area contributed by atoms with Gasteiger partial charge in [0.15, 0.2) is 6.04 Å². The predicted molar refractivity (Wildman–Crippen MR) is 76.3 cm³/mol. The largest absolute Gasteiger partial charge is 0.479 e. The predicted octanol–water partition coefficient (Wildman–Crippen LogP) is 3.68. The van der Waals surface area contributed by atoms with E-state index in [2.05, 4.69) is 5.32 Å². The Morgan fingerprint density at radius 2 is 1.80 bits per heavy atom. The first-order valence-electron chi connectivity index (χ1n) is 6.29. The molecular formula is C16H16FNO2. The highest BCUT2D eigenvalue weighted by molar-refractivity contribution is 5.79. The number of rotatable bonds is 4. The van der Waals surface area contributed by atoms with Crippen LogP contribution in [0.15, 0.2) is 42.5 Å². The van der Waals surface area contributed by atoms with E-state index in [1.807, 2.05) is 19.1 Å². The number of carboxylic acid groups (broad SMARTS) is 1. The smallest absolute Gasteiger partial charge is 0.330 e. The van der Waals surface area contributed by atoms with Crippen LogP contribution in [0.3, 0.4) is 0 Å². The first-order chi connectivity index (χ1) is 9.47. The zero-order valence-electron chi connectivity index (χ0n) is 11.4. The first kappa shape index (κ1) is 14.1. The lowest BCUT2D eigenvalue weighted by molar-refractivity contribution is -0.138. The monoisotopic (exact) mass is 273 g/mol. The molecule has 0 saturated heterocycles. The van der Waals surface area contributed by atoms with E-state index in [0.29, 0.717) is 16.8 Å². The Bertz CT molecular complexity index is 623. The second-order valence-corrected chi connectivity index (χ2v) is 4.79. The molecular weight excluding hydrogens is 257 g/mol. The third-order valence-electron chi connectivity index (χ3n) is 3.14. The molecule has 4 heteroatoms. The summed E-state index contributed by atoms with van der Waals surface area (Å²) in [5.41, 5.74) is 2.65. The lowest BCUT2D eigenvalue weighted by Gasteiger charge is -2.17. The molecule has 0 aliphatic carbocycles. The molecule has 1 atom stereocenters. The summed E-state index contributed by atoms with van der Waals surface area (Å²) in [5.74, 6) is -1.45. The van der Waals surface area contributed by atoms with E-state index >= 15 is 0 Å². The van der Waals surface area contributed by atoms with E-state index in [4.69, 9.17) is 0 Å². The average molecular weight is 273 g/mol. The van der Waals surface area contributed by atoms with Crippen molar-refractivity contribution >= 4 is 11.7 Å². The number of aliphatic carboxylic acids is 1. The summed E-state index contributed by atoms with van der Waals surface area (Å²) < 4.78 is 13.6. The highest BCUT2D eigenvalue weighted by Crippen LogP contribution is 2.22. The van der Waals surface area contributed by atoms with Gasteiger partial charge in [-0.15, -0.1) is 0 Å². The Hall–Kier alpha value is -2.36. The van der Waals surface area contributed by atoms with Gasteiger partial charge in [-0.2, -0.15) is 0 Å². The summed E-state index contributed by atoms with van der Waals surface area (Å²) in [6.45, 7) is 3.59. The minimum absolute atomic E-state index is 0.390. The number of hydrogen-bond acceptors (Lipinski definition) is 2. The normalized spacial score (nSPS) is 11.9. The molecule has 0 spiro atoms. The number of halogens is 1. The number of hydrogen-bond donors (Lipinski definition) is 2. The molecule has 2 rings (SSSR count). The maximum absolute atomic E-state index is 13.6. The second-order valence-electron chi connectivity index (χ2n) is 4.79. The van der Waals surface area contributed by atoms with Gasteiger partial charge in [0, 0.05) is 5.69 Å². The van der Waals surface area contributed by atoms with Crippen LogP contribution in [0, 0.1) is 19.7 Å². The summed E-state index contributed by atoms with van der Waals surface area (Å²) in [6.07, 6.45) is 0. The maximum Gasteiger partial charge on any atom is 0.330 e. The molecule has 2 aromatic rings. The van der Waals surface area contributed by atoms with Gasteiger partial charge in [-0.3, -0.25) is 0 Å². The van der Waals surface area contributed by atoms with Crippen LogP contribution < -0.4 is 5.32 Å². The van der Waals surface area contributed by atoms with Crippen molar-refractivity contribution in [1.82, 2.24) is 0 Å². The Morgan fingerprint density at radius 3 is 2.35 bits per heavy atom. The van der Waals surface area contributed by atoms with Gasteiger partial charge in [-0.1, -0.05) is 29.8 Å². The molecule has 0 amide bonds. The third-order valence-corrected chi connectivity index (χ3v) is 3.14. The van der Waals surface area contributed by atoms with Gasteiger partial charge in [-0.25, -0.2) is 9.18 Å². The van der Waals surface area contributed by atoms with Crippen molar-refractivity contribution in [1.29, 1.82) is 0 Å². The van der Waals surface area contributed by atoms with Crippen LogP contribution in [-0.2, 0) is 4.79 Å². The van der Waals surface area contributed by atoms with Gasteiger partial charge in [0.05, 0.1) is 0 Å². The van der Waals surface area contributed by atoms with E-state index in [1.165, 1.54) is 6.07 Å². The van der Waals surface area contributed by atoms with E-state index in [1.54, 1.807) is 31.2 Å². The fourth-order valence-electron chi connectivity index (χ4n) is 1.89. The highest BCUT2D eigenvalue weighted by atomic mass is 19.1. The Morgan fingerprint density at radius 1 is 1.15 bits per heavy atom. The molecule has 2 aromatic carbocycles. The fourth-order valence-corrected chi connectivity index (χ4v) is 1.89. The second kappa shape index (κ2) is 5.74. The van der Waals surface area contributed by atoms with Crippen LogP contribution >= 0.6 is 0 Å². The number of benzene rings is 2. The fraction of sp³-hybridized carbons (Fsp3) is 0.188. The first-order valence-corrected chi connectivity index (χ1v) is 6.29. The van der Waals surface area contributed by atoms with E-state index in [-0.39, 0.29) is 0 Å². The van der Waals surface area contributed by atoms with Gasteiger partial charge < -0.3 is 10.4 Å². The number of anilines is 1. The van der Waals surface area contributed by atoms with E-state index < -0.39 is 17.8 Å². The lowest BCUT2D eigenvalue weighted by atomic mass is 10.0. The molecule has 0 heterocycles.